The minimum Gasteiger partial charge on any atom is -0.385 e. The fourth-order valence-electron chi connectivity index (χ4n) is 2.14. The number of halogens is 1. The van der Waals surface area contributed by atoms with E-state index in [0.717, 1.165) is 18.7 Å². The second-order valence-corrected chi connectivity index (χ2v) is 6.06. The van der Waals surface area contributed by atoms with E-state index in [0.29, 0.717) is 17.1 Å². The molecule has 3 nitrogen and oxygen atoms in total. The number of anilines is 1. The number of aryl methyl sites for hydroxylation is 1. The maximum absolute atomic E-state index is 12.4. The zero-order valence-corrected chi connectivity index (χ0v) is 13.8. The fourth-order valence-corrected chi connectivity index (χ4v) is 3.23. The van der Waals surface area contributed by atoms with Gasteiger partial charge >= 0.3 is 0 Å². The lowest BCUT2D eigenvalue weighted by Gasteiger charge is -2.11. The largest absolute Gasteiger partial charge is 0.385 e. The molecule has 2 rings (SSSR count). The standard InChI is InChI=1S/C16H19ClN2OS/c1-3-11-7-8-21-15(11)10-19-16(20)13-9-12(17)5-6-14(13)18-4-2/h5-9,18H,3-4,10H2,1-2H3,(H,19,20). The van der Waals surface area contributed by atoms with Crippen molar-refractivity contribution in [2.45, 2.75) is 26.8 Å². The third-order valence-corrected chi connectivity index (χ3v) is 4.42. The van der Waals surface area contributed by atoms with Crippen LogP contribution in [0.15, 0.2) is 29.6 Å². The van der Waals surface area contributed by atoms with Crippen LogP contribution in [0.4, 0.5) is 5.69 Å². The van der Waals surface area contributed by atoms with Gasteiger partial charge in [0.25, 0.3) is 5.91 Å². The van der Waals surface area contributed by atoms with Gasteiger partial charge in [-0.1, -0.05) is 18.5 Å². The van der Waals surface area contributed by atoms with E-state index < -0.39 is 0 Å². The minimum atomic E-state index is -0.107. The Morgan fingerprint density at radius 2 is 2.10 bits per heavy atom. The lowest BCUT2D eigenvalue weighted by atomic mass is 10.1. The van der Waals surface area contributed by atoms with E-state index in [1.165, 1.54) is 10.4 Å². The molecular weight excluding hydrogens is 304 g/mol. The molecule has 0 aliphatic heterocycles. The van der Waals surface area contributed by atoms with E-state index in [2.05, 4.69) is 29.0 Å². The van der Waals surface area contributed by atoms with Crippen LogP contribution in [0.3, 0.4) is 0 Å². The molecule has 0 atom stereocenters. The molecule has 112 valence electrons. The van der Waals surface area contributed by atoms with Gasteiger partial charge < -0.3 is 10.6 Å². The van der Waals surface area contributed by atoms with Crippen LogP contribution in [-0.4, -0.2) is 12.5 Å². The minimum absolute atomic E-state index is 0.107. The smallest absolute Gasteiger partial charge is 0.253 e. The first-order valence-electron chi connectivity index (χ1n) is 7.02. The predicted molar refractivity (Wildman–Crippen MR) is 90.5 cm³/mol. The lowest BCUT2D eigenvalue weighted by Crippen LogP contribution is -2.24. The van der Waals surface area contributed by atoms with Crippen molar-refractivity contribution in [3.63, 3.8) is 0 Å². The maximum atomic E-state index is 12.4. The first-order valence-corrected chi connectivity index (χ1v) is 8.28. The molecule has 0 aliphatic rings. The number of nitrogens with one attached hydrogen (secondary N) is 2. The average molecular weight is 323 g/mol. The summed E-state index contributed by atoms with van der Waals surface area (Å²) in [4.78, 5) is 13.6. The fraction of sp³-hybridized carbons (Fsp3) is 0.312. The normalized spacial score (nSPS) is 10.4. The molecule has 1 aromatic carbocycles. The number of hydrogen-bond donors (Lipinski definition) is 2. The lowest BCUT2D eigenvalue weighted by molar-refractivity contribution is 0.0952. The predicted octanol–water partition coefficient (Wildman–Crippen LogP) is 4.33. The van der Waals surface area contributed by atoms with Crippen molar-refractivity contribution in [2.75, 3.05) is 11.9 Å². The number of thiophene rings is 1. The van der Waals surface area contributed by atoms with Crippen LogP contribution in [0.5, 0.6) is 0 Å². The van der Waals surface area contributed by atoms with Gasteiger partial charge in [0.1, 0.15) is 0 Å². The van der Waals surface area contributed by atoms with E-state index in [-0.39, 0.29) is 5.91 Å². The molecule has 0 unspecified atom stereocenters. The van der Waals surface area contributed by atoms with Crippen molar-refractivity contribution < 1.29 is 4.79 Å². The molecule has 2 N–H and O–H groups in total. The average Bonchev–Trinajstić information content (AvgIpc) is 2.94. The summed E-state index contributed by atoms with van der Waals surface area (Å²) in [5.41, 5.74) is 2.68. The second kappa shape index (κ2) is 7.48. The maximum Gasteiger partial charge on any atom is 0.253 e. The van der Waals surface area contributed by atoms with E-state index in [1.54, 1.807) is 23.5 Å². The Labute approximate surface area is 134 Å². The molecule has 0 saturated carbocycles. The SMILES string of the molecule is CCNc1ccc(Cl)cc1C(=O)NCc1sccc1CC. The summed E-state index contributed by atoms with van der Waals surface area (Å²) in [5.74, 6) is -0.107. The molecule has 2 aromatic rings. The molecule has 1 aromatic heterocycles. The van der Waals surface area contributed by atoms with Gasteiger partial charge in [-0.25, -0.2) is 0 Å². The number of carbonyl (C=O) groups is 1. The molecule has 5 heteroatoms. The van der Waals surface area contributed by atoms with Gasteiger partial charge in [-0.05, 0) is 48.6 Å². The summed E-state index contributed by atoms with van der Waals surface area (Å²) in [7, 11) is 0. The summed E-state index contributed by atoms with van der Waals surface area (Å²) in [5, 5.41) is 8.78. The van der Waals surface area contributed by atoms with Gasteiger partial charge in [0, 0.05) is 22.1 Å². The van der Waals surface area contributed by atoms with E-state index in [1.807, 2.05) is 13.0 Å². The first kappa shape index (κ1) is 15.9. The summed E-state index contributed by atoms with van der Waals surface area (Å²) in [6.45, 7) is 5.42. The molecule has 0 fully saturated rings. The monoisotopic (exact) mass is 322 g/mol. The molecule has 0 spiro atoms. The molecule has 21 heavy (non-hydrogen) atoms. The number of benzene rings is 1. The summed E-state index contributed by atoms with van der Waals surface area (Å²) < 4.78 is 0. The molecule has 0 saturated heterocycles. The Morgan fingerprint density at radius 3 is 2.81 bits per heavy atom. The third kappa shape index (κ3) is 3.99. The van der Waals surface area contributed by atoms with Crippen LogP contribution in [-0.2, 0) is 13.0 Å². The summed E-state index contributed by atoms with van der Waals surface area (Å²) in [6, 6.07) is 7.42. The molecular formula is C16H19ClN2OS. The van der Waals surface area contributed by atoms with Crippen molar-refractivity contribution in [3.05, 3.63) is 50.7 Å². The zero-order valence-electron chi connectivity index (χ0n) is 12.2. The zero-order chi connectivity index (χ0) is 15.2. The quantitative estimate of drug-likeness (QED) is 0.831. The second-order valence-electron chi connectivity index (χ2n) is 4.63. The number of carbonyl (C=O) groups excluding carboxylic acids is 1. The Bertz CT molecular complexity index is 624. The highest BCUT2D eigenvalue weighted by Crippen LogP contribution is 2.21. The van der Waals surface area contributed by atoms with Gasteiger partial charge in [-0.2, -0.15) is 0 Å². The van der Waals surface area contributed by atoms with E-state index >= 15 is 0 Å². The molecule has 0 bridgehead atoms. The molecule has 0 radical (unpaired) electrons. The molecule has 1 heterocycles. The number of amides is 1. The Hall–Kier alpha value is -1.52. The van der Waals surface area contributed by atoms with Gasteiger partial charge in [-0.3, -0.25) is 4.79 Å². The van der Waals surface area contributed by atoms with Crippen LogP contribution < -0.4 is 10.6 Å². The third-order valence-electron chi connectivity index (χ3n) is 3.22. The van der Waals surface area contributed by atoms with Gasteiger partial charge in [0.05, 0.1) is 12.1 Å². The van der Waals surface area contributed by atoms with Crippen LogP contribution in [0.2, 0.25) is 5.02 Å². The topological polar surface area (TPSA) is 41.1 Å². The van der Waals surface area contributed by atoms with Crippen molar-refractivity contribution in [2.24, 2.45) is 0 Å². The van der Waals surface area contributed by atoms with E-state index in [9.17, 15) is 4.79 Å². The van der Waals surface area contributed by atoms with Gasteiger partial charge in [0.2, 0.25) is 0 Å². The highest BCUT2D eigenvalue weighted by Gasteiger charge is 2.12. The number of hydrogen-bond acceptors (Lipinski definition) is 3. The Morgan fingerprint density at radius 1 is 1.29 bits per heavy atom. The van der Waals surface area contributed by atoms with Crippen LogP contribution in [0, 0.1) is 0 Å². The Balaban J connectivity index is 2.11. The van der Waals surface area contributed by atoms with Crippen LogP contribution >= 0.6 is 22.9 Å². The van der Waals surface area contributed by atoms with Crippen molar-refractivity contribution in [3.8, 4) is 0 Å². The van der Waals surface area contributed by atoms with Crippen molar-refractivity contribution in [1.82, 2.24) is 5.32 Å². The summed E-state index contributed by atoms with van der Waals surface area (Å²) in [6.07, 6.45) is 0.981. The molecule has 0 aliphatic carbocycles. The van der Waals surface area contributed by atoms with Gasteiger partial charge in [0.15, 0.2) is 0 Å². The molecule has 1 amide bonds. The van der Waals surface area contributed by atoms with Crippen LogP contribution in [0.25, 0.3) is 0 Å². The van der Waals surface area contributed by atoms with Crippen molar-refractivity contribution in [1.29, 1.82) is 0 Å². The van der Waals surface area contributed by atoms with E-state index in [4.69, 9.17) is 11.6 Å². The van der Waals surface area contributed by atoms with Crippen molar-refractivity contribution >= 4 is 34.5 Å². The highest BCUT2D eigenvalue weighted by molar-refractivity contribution is 7.10. The van der Waals surface area contributed by atoms with Crippen LogP contribution in [0.1, 0.15) is 34.6 Å². The number of rotatable bonds is 6. The highest BCUT2D eigenvalue weighted by atomic mass is 35.5. The first-order chi connectivity index (χ1) is 10.2. The summed E-state index contributed by atoms with van der Waals surface area (Å²) >= 11 is 7.68. The Kier molecular flexibility index (Phi) is 5.65. The van der Waals surface area contributed by atoms with Gasteiger partial charge in [-0.15, -0.1) is 11.3 Å².